The quantitative estimate of drug-likeness (QED) is 0.731. The number of fused-ring (bicyclic) bond motifs is 1. The SMILES string of the molecule is CN(C(=O)c1cnc2ccccc2n1)C1CCN(c2ccccc2)C1=O. The Balaban J connectivity index is 1.56. The van der Waals surface area contributed by atoms with Crippen LogP contribution in [0, 0.1) is 0 Å². The minimum Gasteiger partial charge on any atom is -0.328 e. The van der Waals surface area contributed by atoms with Crippen molar-refractivity contribution in [2.75, 3.05) is 18.5 Å². The molecule has 26 heavy (non-hydrogen) atoms. The fourth-order valence-corrected chi connectivity index (χ4v) is 3.27. The average Bonchev–Trinajstić information content (AvgIpc) is 3.08. The van der Waals surface area contributed by atoms with Crippen molar-refractivity contribution in [3.8, 4) is 0 Å². The summed E-state index contributed by atoms with van der Waals surface area (Å²) < 4.78 is 0. The van der Waals surface area contributed by atoms with Crippen LogP contribution >= 0.6 is 0 Å². The molecule has 1 saturated heterocycles. The third-order valence-electron chi connectivity index (χ3n) is 4.70. The number of rotatable bonds is 3. The highest BCUT2D eigenvalue weighted by atomic mass is 16.2. The fraction of sp³-hybridized carbons (Fsp3) is 0.200. The van der Waals surface area contributed by atoms with Crippen molar-refractivity contribution in [1.82, 2.24) is 14.9 Å². The molecule has 1 aliphatic heterocycles. The third-order valence-corrected chi connectivity index (χ3v) is 4.70. The largest absolute Gasteiger partial charge is 0.328 e. The lowest BCUT2D eigenvalue weighted by atomic mass is 10.2. The molecule has 1 fully saturated rings. The van der Waals surface area contributed by atoms with Crippen LogP contribution in [-0.4, -0.2) is 46.3 Å². The summed E-state index contributed by atoms with van der Waals surface area (Å²) in [5, 5.41) is 0. The smallest absolute Gasteiger partial charge is 0.274 e. The van der Waals surface area contributed by atoms with Crippen LogP contribution in [0.3, 0.4) is 0 Å². The number of benzene rings is 2. The van der Waals surface area contributed by atoms with Crippen molar-refractivity contribution in [2.45, 2.75) is 12.5 Å². The summed E-state index contributed by atoms with van der Waals surface area (Å²) in [6, 6.07) is 16.4. The van der Waals surface area contributed by atoms with Gasteiger partial charge in [0.05, 0.1) is 17.2 Å². The zero-order chi connectivity index (χ0) is 18.1. The van der Waals surface area contributed by atoms with Gasteiger partial charge in [0.2, 0.25) is 5.91 Å². The number of anilines is 1. The maximum atomic E-state index is 12.8. The van der Waals surface area contributed by atoms with Gasteiger partial charge >= 0.3 is 0 Å². The Hall–Kier alpha value is -3.28. The van der Waals surface area contributed by atoms with Crippen molar-refractivity contribution >= 4 is 28.5 Å². The van der Waals surface area contributed by atoms with Gasteiger partial charge in [-0.1, -0.05) is 30.3 Å². The molecule has 1 aromatic heterocycles. The maximum absolute atomic E-state index is 12.8. The van der Waals surface area contributed by atoms with Gasteiger partial charge in [0.1, 0.15) is 11.7 Å². The van der Waals surface area contributed by atoms with Gasteiger partial charge in [-0.15, -0.1) is 0 Å². The summed E-state index contributed by atoms with van der Waals surface area (Å²) in [6.07, 6.45) is 2.06. The molecule has 1 unspecified atom stereocenters. The molecule has 0 spiro atoms. The van der Waals surface area contributed by atoms with Crippen LogP contribution in [0.4, 0.5) is 5.69 Å². The molecule has 0 N–H and O–H groups in total. The second-order valence-electron chi connectivity index (χ2n) is 6.29. The zero-order valence-electron chi connectivity index (χ0n) is 14.4. The number of carbonyl (C=O) groups excluding carboxylic acids is 2. The van der Waals surface area contributed by atoms with Gasteiger partial charge in [0.15, 0.2) is 0 Å². The molecular formula is C20H18N4O2. The first kappa shape index (κ1) is 16.2. The van der Waals surface area contributed by atoms with Crippen LogP contribution < -0.4 is 4.90 Å². The minimum atomic E-state index is -0.490. The van der Waals surface area contributed by atoms with Crippen LogP contribution in [-0.2, 0) is 4.79 Å². The Bertz CT molecular complexity index is 974. The van der Waals surface area contributed by atoms with Crippen LogP contribution in [0.25, 0.3) is 11.0 Å². The van der Waals surface area contributed by atoms with E-state index in [1.165, 1.54) is 11.1 Å². The lowest BCUT2D eigenvalue weighted by Crippen LogP contribution is -2.43. The van der Waals surface area contributed by atoms with Crippen LogP contribution in [0.15, 0.2) is 60.8 Å². The molecule has 1 aliphatic rings. The van der Waals surface area contributed by atoms with Gasteiger partial charge in [-0.3, -0.25) is 14.6 Å². The summed E-state index contributed by atoms with van der Waals surface area (Å²) in [5.41, 5.74) is 2.50. The van der Waals surface area contributed by atoms with Gasteiger partial charge in [-0.05, 0) is 30.7 Å². The molecule has 130 valence electrons. The molecular weight excluding hydrogens is 328 g/mol. The molecule has 4 rings (SSSR count). The molecule has 0 saturated carbocycles. The fourth-order valence-electron chi connectivity index (χ4n) is 3.27. The Morgan fingerprint density at radius 1 is 1.08 bits per heavy atom. The number of carbonyl (C=O) groups is 2. The molecule has 0 aliphatic carbocycles. The Labute approximate surface area is 151 Å². The summed E-state index contributed by atoms with van der Waals surface area (Å²) in [6.45, 7) is 0.592. The van der Waals surface area contributed by atoms with E-state index in [4.69, 9.17) is 0 Å². The highest BCUT2D eigenvalue weighted by molar-refractivity contribution is 6.03. The average molecular weight is 346 g/mol. The van der Waals surface area contributed by atoms with Gasteiger partial charge < -0.3 is 9.80 Å². The molecule has 0 radical (unpaired) electrons. The standard InChI is InChI=1S/C20H18N4O2/c1-23(18-11-12-24(20(18)26)14-7-3-2-4-8-14)19(25)17-13-21-15-9-5-6-10-16(15)22-17/h2-10,13,18H,11-12H2,1H3. The van der Waals surface area contributed by atoms with Gasteiger partial charge in [-0.2, -0.15) is 0 Å². The summed E-state index contributed by atoms with van der Waals surface area (Å²) >= 11 is 0. The van der Waals surface area contributed by atoms with Crippen molar-refractivity contribution in [3.63, 3.8) is 0 Å². The van der Waals surface area contributed by atoms with Crippen molar-refractivity contribution in [1.29, 1.82) is 0 Å². The van der Waals surface area contributed by atoms with E-state index in [0.717, 1.165) is 11.2 Å². The van der Waals surface area contributed by atoms with Crippen molar-refractivity contribution in [3.05, 3.63) is 66.5 Å². The predicted molar refractivity (Wildman–Crippen MR) is 98.8 cm³/mol. The van der Waals surface area contributed by atoms with Crippen molar-refractivity contribution < 1.29 is 9.59 Å². The number of para-hydroxylation sites is 3. The van der Waals surface area contributed by atoms with E-state index >= 15 is 0 Å². The normalized spacial score (nSPS) is 16.9. The first-order valence-electron chi connectivity index (χ1n) is 8.50. The lowest BCUT2D eigenvalue weighted by molar-refractivity contribution is -0.120. The molecule has 2 heterocycles. The molecule has 3 aromatic rings. The molecule has 2 aromatic carbocycles. The molecule has 0 bridgehead atoms. The highest BCUT2D eigenvalue weighted by Gasteiger charge is 2.37. The van der Waals surface area contributed by atoms with Crippen molar-refractivity contribution in [2.24, 2.45) is 0 Å². The van der Waals surface area contributed by atoms with Crippen LogP contribution in [0.5, 0.6) is 0 Å². The number of amides is 2. The summed E-state index contributed by atoms with van der Waals surface area (Å²) in [4.78, 5) is 37.5. The monoisotopic (exact) mass is 346 g/mol. The number of hydrogen-bond donors (Lipinski definition) is 0. The Morgan fingerprint density at radius 2 is 1.77 bits per heavy atom. The topological polar surface area (TPSA) is 66.4 Å². The van der Waals surface area contributed by atoms with E-state index in [1.807, 2.05) is 54.6 Å². The Kier molecular flexibility index (Phi) is 4.08. The second kappa shape index (κ2) is 6.55. The second-order valence-corrected chi connectivity index (χ2v) is 6.29. The first-order chi connectivity index (χ1) is 12.6. The van der Waals surface area contributed by atoms with Crippen LogP contribution in [0.1, 0.15) is 16.9 Å². The Morgan fingerprint density at radius 3 is 2.54 bits per heavy atom. The number of hydrogen-bond acceptors (Lipinski definition) is 4. The third kappa shape index (κ3) is 2.79. The van der Waals surface area contributed by atoms with Gasteiger partial charge in [0, 0.05) is 19.3 Å². The summed E-state index contributed by atoms with van der Waals surface area (Å²) in [5.74, 6) is -0.364. The molecule has 6 nitrogen and oxygen atoms in total. The van der Waals surface area contributed by atoms with Gasteiger partial charge in [0.25, 0.3) is 5.91 Å². The maximum Gasteiger partial charge on any atom is 0.274 e. The minimum absolute atomic E-state index is 0.0687. The molecule has 6 heteroatoms. The van der Waals surface area contributed by atoms with E-state index < -0.39 is 6.04 Å². The van der Waals surface area contributed by atoms with E-state index in [2.05, 4.69) is 9.97 Å². The zero-order valence-corrected chi connectivity index (χ0v) is 14.4. The van der Waals surface area contributed by atoms with E-state index in [9.17, 15) is 9.59 Å². The van der Waals surface area contributed by atoms with Crippen LogP contribution in [0.2, 0.25) is 0 Å². The van der Waals surface area contributed by atoms with Gasteiger partial charge in [-0.25, -0.2) is 4.98 Å². The number of likely N-dealkylation sites (N-methyl/N-ethyl adjacent to an activating group) is 1. The summed E-state index contributed by atoms with van der Waals surface area (Å²) in [7, 11) is 1.65. The van der Waals surface area contributed by atoms with E-state index in [1.54, 1.807) is 11.9 Å². The number of nitrogens with zero attached hydrogens (tertiary/aromatic N) is 4. The number of aromatic nitrogens is 2. The highest BCUT2D eigenvalue weighted by Crippen LogP contribution is 2.24. The lowest BCUT2D eigenvalue weighted by Gasteiger charge is -2.23. The van der Waals surface area contributed by atoms with E-state index in [0.29, 0.717) is 18.5 Å². The first-order valence-corrected chi connectivity index (χ1v) is 8.50. The predicted octanol–water partition coefficient (Wildman–Crippen LogP) is 2.51. The molecule has 1 atom stereocenters. The molecule has 2 amide bonds. The van der Waals surface area contributed by atoms with E-state index in [-0.39, 0.29) is 17.5 Å².